The van der Waals surface area contributed by atoms with Crippen molar-refractivity contribution in [3.05, 3.63) is 65.5 Å². The number of halogens is 2. The summed E-state index contributed by atoms with van der Waals surface area (Å²) in [4.78, 5) is 16.0. The van der Waals surface area contributed by atoms with Crippen LogP contribution in [0.15, 0.2) is 53.5 Å². The molecule has 0 unspecified atom stereocenters. The number of aliphatic imine (C=N–C) groups is 1. The Balaban J connectivity index is 0.00000312. The van der Waals surface area contributed by atoms with Crippen LogP contribution >= 0.6 is 24.0 Å². The Morgan fingerprint density at radius 2 is 1.88 bits per heavy atom. The van der Waals surface area contributed by atoms with Crippen molar-refractivity contribution < 1.29 is 9.18 Å². The summed E-state index contributed by atoms with van der Waals surface area (Å²) in [5.74, 6) is -0.149. The highest BCUT2D eigenvalue weighted by atomic mass is 127. The number of rotatable bonds is 5. The third-order valence-electron chi connectivity index (χ3n) is 3.46. The first kappa shape index (κ1) is 20.9. The molecule has 0 radical (unpaired) electrons. The van der Waals surface area contributed by atoms with Crippen molar-refractivity contribution in [1.82, 2.24) is 10.6 Å². The first-order valence-corrected chi connectivity index (χ1v) is 7.63. The number of nitrogens with one attached hydrogen (secondary N) is 3. The van der Waals surface area contributed by atoms with E-state index in [1.54, 1.807) is 19.2 Å². The fraction of sp³-hybridized carbons (Fsp3) is 0.222. The molecule has 134 valence electrons. The number of guanidine groups is 1. The number of nitrogens with zero attached hydrogens (tertiary/aromatic N) is 1. The number of hydrogen-bond acceptors (Lipinski definition) is 2. The van der Waals surface area contributed by atoms with Crippen LogP contribution in [0.25, 0.3) is 0 Å². The highest BCUT2D eigenvalue weighted by Crippen LogP contribution is 2.08. The molecule has 0 saturated carbocycles. The van der Waals surface area contributed by atoms with E-state index in [1.807, 2.05) is 31.2 Å². The van der Waals surface area contributed by atoms with Gasteiger partial charge in [-0.3, -0.25) is 9.79 Å². The molecule has 0 aliphatic heterocycles. The predicted octanol–water partition coefficient (Wildman–Crippen LogP) is 3.06. The second kappa shape index (κ2) is 10.7. The molecule has 0 aromatic heterocycles. The van der Waals surface area contributed by atoms with Gasteiger partial charge in [0.15, 0.2) is 5.96 Å². The van der Waals surface area contributed by atoms with Gasteiger partial charge in [0.25, 0.3) is 0 Å². The van der Waals surface area contributed by atoms with Gasteiger partial charge in [-0.15, -0.1) is 24.0 Å². The lowest BCUT2D eigenvalue weighted by Crippen LogP contribution is -2.41. The van der Waals surface area contributed by atoms with Crippen molar-refractivity contribution in [3.8, 4) is 0 Å². The summed E-state index contributed by atoms with van der Waals surface area (Å²) in [6.07, 6.45) is 0. The Kier molecular flexibility index (Phi) is 8.90. The van der Waals surface area contributed by atoms with Crippen molar-refractivity contribution in [3.63, 3.8) is 0 Å². The van der Waals surface area contributed by atoms with Gasteiger partial charge in [-0.05, 0) is 36.2 Å². The molecule has 0 bridgehead atoms. The number of aryl methyl sites for hydroxylation is 1. The van der Waals surface area contributed by atoms with E-state index in [0.29, 0.717) is 18.2 Å². The molecule has 0 spiro atoms. The van der Waals surface area contributed by atoms with Gasteiger partial charge in [-0.2, -0.15) is 0 Å². The van der Waals surface area contributed by atoms with E-state index in [9.17, 15) is 9.18 Å². The van der Waals surface area contributed by atoms with Crippen LogP contribution in [0.2, 0.25) is 0 Å². The molecule has 25 heavy (non-hydrogen) atoms. The maximum Gasteiger partial charge on any atom is 0.243 e. The van der Waals surface area contributed by atoms with Crippen molar-refractivity contribution in [2.75, 3.05) is 18.9 Å². The maximum absolute atomic E-state index is 13.1. The van der Waals surface area contributed by atoms with Crippen molar-refractivity contribution in [2.45, 2.75) is 13.5 Å². The number of hydrogen-bond donors (Lipinski definition) is 3. The van der Waals surface area contributed by atoms with E-state index in [-0.39, 0.29) is 36.4 Å². The number of anilines is 1. The second-order valence-electron chi connectivity index (χ2n) is 5.26. The smallest absolute Gasteiger partial charge is 0.243 e. The summed E-state index contributed by atoms with van der Waals surface area (Å²) in [5, 5.41) is 8.70. The molecular formula is C18H22FIN4O. The third-order valence-corrected chi connectivity index (χ3v) is 3.46. The second-order valence-corrected chi connectivity index (χ2v) is 5.26. The van der Waals surface area contributed by atoms with Crippen LogP contribution in [-0.4, -0.2) is 25.5 Å². The molecule has 2 rings (SSSR count). The molecule has 3 N–H and O–H groups in total. The Hall–Kier alpha value is -2.16. The van der Waals surface area contributed by atoms with Crippen LogP contribution < -0.4 is 16.0 Å². The van der Waals surface area contributed by atoms with Gasteiger partial charge in [0.05, 0.1) is 6.54 Å². The highest BCUT2D eigenvalue weighted by Gasteiger charge is 2.05. The molecule has 5 nitrogen and oxygen atoms in total. The maximum atomic E-state index is 13.1. The van der Waals surface area contributed by atoms with Crippen molar-refractivity contribution in [1.29, 1.82) is 0 Å². The molecule has 0 atom stereocenters. The lowest BCUT2D eigenvalue weighted by molar-refractivity contribution is -0.115. The number of benzene rings is 2. The van der Waals surface area contributed by atoms with Gasteiger partial charge < -0.3 is 16.0 Å². The minimum atomic E-state index is -0.392. The predicted molar refractivity (Wildman–Crippen MR) is 110 cm³/mol. The summed E-state index contributed by atoms with van der Waals surface area (Å²) in [5.41, 5.74) is 2.76. The van der Waals surface area contributed by atoms with Gasteiger partial charge in [0.1, 0.15) is 5.82 Å². The summed E-state index contributed by atoms with van der Waals surface area (Å²) in [6.45, 7) is 2.68. The first-order chi connectivity index (χ1) is 11.6. The van der Waals surface area contributed by atoms with Crippen molar-refractivity contribution >= 4 is 41.5 Å². The van der Waals surface area contributed by atoms with E-state index >= 15 is 0 Å². The molecule has 1 amide bonds. The third kappa shape index (κ3) is 7.08. The summed E-state index contributed by atoms with van der Waals surface area (Å²) < 4.78 is 13.1. The molecule has 0 aliphatic carbocycles. The van der Waals surface area contributed by atoms with Crippen LogP contribution in [-0.2, 0) is 11.3 Å². The van der Waals surface area contributed by atoms with Crippen LogP contribution in [0.3, 0.4) is 0 Å². The minimum Gasteiger partial charge on any atom is -0.352 e. The number of carbonyl (C=O) groups excluding carboxylic acids is 1. The lowest BCUT2D eigenvalue weighted by Gasteiger charge is -2.13. The largest absolute Gasteiger partial charge is 0.352 e. The van der Waals surface area contributed by atoms with Crippen LogP contribution in [0.1, 0.15) is 11.1 Å². The quantitative estimate of drug-likeness (QED) is 0.368. The number of amides is 1. The zero-order valence-electron chi connectivity index (χ0n) is 14.2. The molecular weight excluding hydrogens is 434 g/mol. The van der Waals surface area contributed by atoms with Crippen molar-refractivity contribution in [2.24, 2.45) is 4.99 Å². The van der Waals surface area contributed by atoms with Gasteiger partial charge >= 0.3 is 0 Å². The SMILES string of the molecule is CN=C(NCC(=O)Nc1cccc(F)c1)NCc1ccccc1C.I. The fourth-order valence-corrected chi connectivity index (χ4v) is 2.14. The molecule has 7 heteroatoms. The normalized spacial score (nSPS) is 10.6. The monoisotopic (exact) mass is 456 g/mol. The van der Waals surface area contributed by atoms with E-state index in [4.69, 9.17) is 0 Å². The molecule has 2 aromatic rings. The van der Waals surface area contributed by atoms with Gasteiger partial charge in [0, 0.05) is 19.3 Å². The first-order valence-electron chi connectivity index (χ1n) is 7.63. The van der Waals surface area contributed by atoms with Gasteiger partial charge in [-0.25, -0.2) is 4.39 Å². The Morgan fingerprint density at radius 3 is 2.56 bits per heavy atom. The Bertz CT molecular complexity index is 737. The Labute approximate surface area is 164 Å². The van der Waals surface area contributed by atoms with Crippen LogP contribution in [0.5, 0.6) is 0 Å². The topological polar surface area (TPSA) is 65.5 Å². The fourth-order valence-electron chi connectivity index (χ4n) is 2.14. The van der Waals surface area contributed by atoms with Crippen LogP contribution in [0.4, 0.5) is 10.1 Å². The van der Waals surface area contributed by atoms with Gasteiger partial charge in [-0.1, -0.05) is 30.3 Å². The standard InChI is InChI=1S/C18H21FN4O.HI/c1-13-6-3-4-7-14(13)11-21-18(20-2)22-12-17(24)23-16-9-5-8-15(19)10-16;/h3-10H,11-12H2,1-2H3,(H,23,24)(H2,20,21,22);1H. The molecule has 0 saturated heterocycles. The molecule has 0 aliphatic rings. The Morgan fingerprint density at radius 1 is 1.12 bits per heavy atom. The summed E-state index contributed by atoms with van der Waals surface area (Å²) >= 11 is 0. The highest BCUT2D eigenvalue weighted by molar-refractivity contribution is 14.0. The van der Waals surface area contributed by atoms with E-state index in [0.717, 1.165) is 5.56 Å². The molecule has 0 heterocycles. The minimum absolute atomic E-state index is 0. The average Bonchev–Trinajstić information content (AvgIpc) is 2.56. The van der Waals surface area contributed by atoms with Gasteiger partial charge in [0.2, 0.25) is 5.91 Å². The van der Waals surface area contributed by atoms with E-state index < -0.39 is 5.82 Å². The van der Waals surface area contributed by atoms with Crippen LogP contribution in [0, 0.1) is 12.7 Å². The summed E-state index contributed by atoms with van der Waals surface area (Å²) in [6, 6.07) is 13.8. The average molecular weight is 456 g/mol. The zero-order valence-corrected chi connectivity index (χ0v) is 16.5. The number of carbonyl (C=O) groups is 1. The molecule has 0 fully saturated rings. The molecule has 2 aromatic carbocycles. The van der Waals surface area contributed by atoms with E-state index in [2.05, 4.69) is 20.9 Å². The summed E-state index contributed by atoms with van der Waals surface area (Å²) in [7, 11) is 1.64. The lowest BCUT2D eigenvalue weighted by atomic mass is 10.1. The van der Waals surface area contributed by atoms with E-state index in [1.165, 1.54) is 17.7 Å². The zero-order chi connectivity index (χ0) is 17.4.